The molecule has 0 radical (unpaired) electrons. The van der Waals surface area contributed by atoms with E-state index < -0.39 is 17.8 Å². The molecule has 160 valence electrons. The van der Waals surface area contributed by atoms with Crippen LogP contribution in [0.3, 0.4) is 0 Å². The first-order chi connectivity index (χ1) is 15.3. The highest BCUT2D eigenvalue weighted by atomic mass is 32.2. The molecule has 3 aromatic rings. The van der Waals surface area contributed by atoms with E-state index in [1.54, 1.807) is 23.9 Å². The van der Waals surface area contributed by atoms with E-state index in [1.165, 1.54) is 11.6 Å². The van der Waals surface area contributed by atoms with Gasteiger partial charge in [0.05, 0.1) is 5.69 Å². The normalized spacial score (nSPS) is 15.3. The second-order valence-electron chi connectivity index (χ2n) is 7.71. The molecule has 4 rings (SSSR count). The minimum absolute atomic E-state index is 0.0817. The molecule has 0 aliphatic carbocycles. The molecule has 32 heavy (non-hydrogen) atoms. The van der Waals surface area contributed by atoms with Crippen LogP contribution in [0.1, 0.15) is 22.3 Å². The van der Waals surface area contributed by atoms with Crippen LogP contribution >= 0.6 is 11.8 Å². The second kappa shape index (κ2) is 8.85. The first-order valence-electron chi connectivity index (χ1n) is 10.1. The lowest BCUT2D eigenvalue weighted by Gasteiger charge is -2.26. The van der Waals surface area contributed by atoms with Crippen molar-refractivity contribution in [3.63, 3.8) is 0 Å². The van der Waals surface area contributed by atoms with Gasteiger partial charge in [-0.2, -0.15) is 0 Å². The zero-order valence-corrected chi connectivity index (χ0v) is 18.8. The maximum absolute atomic E-state index is 13.1. The number of nitrogens with zero attached hydrogens (tertiary/aromatic N) is 1. The summed E-state index contributed by atoms with van der Waals surface area (Å²) < 4.78 is 0. The SMILES string of the molecule is Cc1ccc(Sc2ccc(/C=C3\C(=O)NC(=O)N(c4ccc(C)c(C)c4)C3=O)cc2)cc1. The molecular formula is C26H22N2O3S. The number of hydrogen-bond donors (Lipinski definition) is 1. The Bertz CT molecular complexity index is 1250. The minimum atomic E-state index is -0.745. The molecule has 6 heteroatoms. The van der Waals surface area contributed by atoms with Gasteiger partial charge in [0.2, 0.25) is 0 Å². The lowest BCUT2D eigenvalue weighted by atomic mass is 10.1. The maximum Gasteiger partial charge on any atom is 0.335 e. The highest BCUT2D eigenvalue weighted by molar-refractivity contribution is 7.99. The molecule has 0 aromatic heterocycles. The Hall–Kier alpha value is -3.64. The average Bonchev–Trinajstić information content (AvgIpc) is 2.76. The van der Waals surface area contributed by atoms with E-state index in [-0.39, 0.29) is 5.57 Å². The number of urea groups is 1. The fourth-order valence-electron chi connectivity index (χ4n) is 3.30. The van der Waals surface area contributed by atoms with Crippen molar-refractivity contribution in [3.05, 3.63) is 94.6 Å². The zero-order valence-electron chi connectivity index (χ0n) is 18.0. The minimum Gasteiger partial charge on any atom is -0.273 e. The van der Waals surface area contributed by atoms with Crippen LogP contribution in [0.25, 0.3) is 6.08 Å². The summed E-state index contributed by atoms with van der Waals surface area (Å²) in [7, 11) is 0. The summed E-state index contributed by atoms with van der Waals surface area (Å²) >= 11 is 1.63. The summed E-state index contributed by atoms with van der Waals surface area (Å²) in [6.07, 6.45) is 1.51. The smallest absolute Gasteiger partial charge is 0.273 e. The molecule has 0 spiro atoms. The van der Waals surface area contributed by atoms with E-state index in [2.05, 4.69) is 29.6 Å². The van der Waals surface area contributed by atoms with E-state index >= 15 is 0 Å². The van der Waals surface area contributed by atoms with Gasteiger partial charge in [0, 0.05) is 9.79 Å². The summed E-state index contributed by atoms with van der Waals surface area (Å²) in [5.41, 5.74) is 4.26. The molecule has 3 aromatic carbocycles. The summed E-state index contributed by atoms with van der Waals surface area (Å²) in [5, 5.41) is 2.27. The van der Waals surface area contributed by atoms with Crippen LogP contribution in [0.5, 0.6) is 0 Å². The van der Waals surface area contributed by atoms with Crippen LogP contribution in [0.2, 0.25) is 0 Å². The van der Waals surface area contributed by atoms with Crippen molar-refractivity contribution in [2.24, 2.45) is 0 Å². The Balaban J connectivity index is 1.58. The molecule has 1 fully saturated rings. The molecule has 1 heterocycles. The number of imide groups is 2. The van der Waals surface area contributed by atoms with Crippen LogP contribution in [0.4, 0.5) is 10.5 Å². The highest BCUT2D eigenvalue weighted by Crippen LogP contribution is 2.29. The van der Waals surface area contributed by atoms with E-state index in [1.807, 2.05) is 51.1 Å². The van der Waals surface area contributed by atoms with Gasteiger partial charge in [-0.15, -0.1) is 0 Å². The third-order valence-electron chi connectivity index (χ3n) is 5.30. The molecule has 0 bridgehead atoms. The second-order valence-corrected chi connectivity index (χ2v) is 8.86. The van der Waals surface area contributed by atoms with E-state index in [9.17, 15) is 14.4 Å². The Kier molecular flexibility index (Phi) is 5.97. The van der Waals surface area contributed by atoms with Crippen molar-refractivity contribution in [2.45, 2.75) is 30.6 Å². The Morgan fingerprint density at radius 1 is 0.781 bits per heavy atom. The number of aryl methyl sites for hydroxylation is 3. The number of carbonyl (C=O) groups excluding carboxylic acids is 3. The van der Waals surface area contributed by atoms with E-state index in [0.29, 0.717) is 11.3 Å². The quantitative estimate of drug-likeness (QED) is 0.432. The number of carbonyl (C=O) groups is 3. The third kappa shape index (κ3) is 4.50. The molecule has 0 atom stereocenters. The molecule has 4 amide bonds. The van der Waals surface area contributed by atoms with Crippen molar-refractivity contribution >= 4 is 41.4 Å². The molecule has 0 unspecified atom stereocenters. The van der Waals surface area contributed by atoms with Crippen LogP contribution in [-0.4, -0.2) is 17.8 Å². The summed E-state index contributed by atoms with van der Waals surface area (Å²) in [5.74, 6) is -1.33. The largest absolute Gasteiger partial charge is 0.335 e. The molecule has 1 N–H and O–H groups in total. The van der Waals surface area contributed by atoms with Gasteiger partial charge < -0.3 is 0 Å². The summed E-state index contributed by atoms with van der Waals surface area (Å²) in [6, 6.07) is 20.4. The van der Waals surface area contributed by atoms with Gasteiger partial charge in [0.1, 0.15) is 5.57 Å². The molecule has 1 saturated heterocycles. The maximum atomic E-state index is 13.1. The summed E-state index contributed by atoms with van der Waals surface area (Å²) in [6.45, 7) is 5.91. The van der Waals surface area contributed by atoms with Crippen molar-refractivity contribution in [1.29, 1.82) is 0 Å². The van der Waals surface area contributed by atoms with Gasteiger partial charge in [-0.1, -0.05) is 47.7 Å². The predicted octanol–water partition coefficient (Wildman–Crippen LogP) is 5.43. The van der Waals surface area contributed by atoms with Gasteiger partial charge in [-0.25, -0.2) is 9.69 Å². The van der Waals surface area contributed by atoms with Crippen molar-refractivity contribution in [1.82, 2.24) is 5.32 Å². The van der Waals surface area contributed by atoms with Gasteiger partial charge in [0.15, 0.2) is 0 Å². The molecule has 5 nitrogen and oxygen atoms in total. The first kappa shape index (κ1) is 21.6. The van der Waals surface area contributed by atoms with Gasteiger partial charge in [-0.05, 0) is 79.9 Å². The zero-order chi connectivity index (χ0) is 22.8. The van der Waals surface area contributed by atoms with Gasteiger partial charge in [0.25, 0.3) is 11.8 Å². The monoisotopic (exact) mass is 442 g/mol. The molecule has 0 saturated carbocycles. The first-order valence-corrected chi connectivity index (χ1v) is 11.0. The van der Waals surface area contributed by atoms with E-state index in [0.717, 1.165) is 25.8 Å². The number of barbiturate groups is 1. The Morgan fingerprint density at radius 3 is 2.03 bits per heavy atom. The van der Waals surface area contributed by atoms with Gasteiger partial charge >= 0.3 is 6.03 Å². The summed E-state index contributed by atoms with van der Waals surface area (Å²) in [4.78, 5) is 41.0. The fraction of sp³-hybridized carbons (Fsp3) is 0.115. The van der Waals surface area contributed by atoms with E-state index in [4.69, 9.17) is 0 Å². The molecule has 1 aliphatic rings. The standard InChI is InChI=1S/C26H22N2O3S/c1-16-4-10-21(11-5-16)32-22-12-7-19(8-13-22)15-23-24(29)27-26(31)28(25(23)30)20-9-6-17(2)18(3)14-20/h4-15H,1-3H3,(H,27,29,31)/b23-15+. The number of benzene rings is 3. The fourth-order valence-corrected chi connectivity index (χ4v) is 4.11. The lowest BCUT2D eigenvalue weighted by Crippen LogP contribution is -2.54. The van der Waals surface area contributed by atoms with Crippen LogP contribution in [0.15, 0.2) is 82.1 Å². The van der Waals surface area contributed by atoms with Gasteiger partial charge in [-0.3, -0.25) is 14.9 Å². The third-order valence-corrected chi connectivity index (χ3v) is 6.31. The predicted molar refractivity (Wildman–Crippen MR) is 127 cm³/mol. The molecule has 1 aliphatic heterocycles. The Labute approximate surface area is 191 Å². The number of anilines is 1. The van der Waals surface area contributed by atoms with Crippen molar-refractivity contribution in [2.75, 3.05) is 4.90 Å². The number of rotatable bonds is 4. The average molecular weight is 443 g/mol. The number of hydrogen-bond acceptors (Lipinski definition) is 4. The van der Waals surface area contributed by atoms with Crippen LogP contribution < -0.4 is 10.2 Å². The van der Waals surface area contributed by atoms with Crippen molar-refractivity contribution < 1.29 is 14.4 Å². The highest BCUT2D eigenvalue weighted by Gasteiger charge is 2.36. The number of amides is 4. The number of nitrogens with one attached hydrogen (secondary N) is 1. The topological polar surface area (TPSA) is 66.5 Å². The Morgan fingerprint density at radius 2 is 1.41 bits per heavy atom. The lowest BCUT2D eigenvalue weighted by molar-refractivity contribution is -0.122. The van der Waals surface area contributed by atoms with Crippen LogP contribution in [0, 0.1) is 20.8 Å². The molecular weight excluding hydrogens is 420 g/mol. The van der Waals surface area contributed by atoms with Crippen LogP contribution in [-0.2, 0) is 9.59 Å². The van der Waals surface area contributed by atoms with Crippen molar-refractivity contribution in [3.8, 4) is 0 Å².